The summed E-state index contributed by atoms with van der Waals surface area (Å²) >= 11 is 0. The van der Waals surface area contributed by atoms with Crippen LogP contribution in [0.5, 0.6) is 5.75 Å². The third-order valence-corrected chi connectivity index (χ3v) is 3.08. The SMILES string of the molecule is COc1ccc(-c2[nH]ncc2-c2nccn2C)cc1. The lowest BCUT2D eigenvalue weighted by molar-refractivity contribution is 0.415. The van der Waals surface area contributed by atoms with Gasteiger partial charge >= 0.3 is 0 Å². The van der Waals surface area contributed by atoms with Crippen molar-refractivity contribution in [2.45, 2.75) is 0 Å². The Balaban J connectivity index is 2.06. The van der Waals surface area contributed by atoms with Crippen LogP contribution in [0.1, 0.15) is 0 Å². The van der Waals surface area contributed by atoms with Crippen molar-refractivity contribution in [3.05, 3.63) is 42.9 Å². The molecule has 0 aliphatic heterocycles. The molecule has 0 radical (unpaired) electrons. The summed E-state index contributed by atoms with van der Waals surface area (Å²) in [5, 5.41) is 7.16. The quantitative estimate of drug-likeness (QED) is 0.781. The van der Waals surface area contributed by atoms with Gasteiger partial charge in [0, 0.05) is 25.0 Å². The molecule has 3 rings (SSSR count). The molecule has 19 heavy (non-hydrogen) atoms. The number of rotatable bonds is 3. The van der Waals surface area contributed by atoms with Crippen molar-refractivity contribution in [1.82, 2.24) is 19.7 Å². The van der Waals surface area contributed by atoms with Crippen LogP contribution in [0.4, 0.5) is 0 Å². The molecule has 5 nitrogen and oxygen atoms in total. The lowest BCUT2D eigenvalue weighted by atomic mass is 10.1. The van der Waals surface area contributed by atoms with Gasteiger partial charge in [0.05, 0.1) is 24.6 Å². The molecule has 1 N–H and O–H groups in total. The van der Waals surface area contributed by atoms with E-state index in [1.165, 1.54) is 0 Å². The summed E-state index contributed by atoms with van der Waals surface area (Å²) in [6.07, 6.45) is 5.49. The van der Waals surface area contributed by atoms with Gasteiger partial charge < -0.3 is 9.30 Å². The van der Waals surface area contributed by atoms with Gasteiger partial charge in [-0.3, -0.25) is 5.10 Å². The minimum absolute atomic E-state index is 0.835. The van der Waals surface area contributed by atoms with Gasteiger partial charge in [0.1, 0.15) is 11.6 Å². The van der Waals surface area contributed by atoms with Crippen LogP contribution in [0.3, 0.4) is 0 Å². The van der Waals surface area contributed by atoms with E-state index < -0.39 is 0 Å². The number of H-pyrrole nitrogens is 1. The topological polar surface area (TPSA) is 55.7 Å². The molecule has 0 aliphatic carbocycles. The maximum absolute atomic E-state index is 5.17. The zero-order valence-corrected chi connectivity index (χ0v) is 10.8. The number of nitrogens with one attached hydrogen (secondary N) is 1. The lowest BCUT2D eigenvalue weighted by Crippen LogP contribution is -1.92. The fourth-order valence-electron chi connectivity index (χ4n) is 2.06. The number of nitrogens with zero attached hydrogens (tertiary/aromatic N) is 3. The minimum atomic E-state index is 0.835. The zero-order chi connectivity index (χ0) is 13.2. The van der Waals surface area contributed by atoms with Gasteiger partial charge in [-0.1, -0.05) is 0 Å². The van der Waals surface area contributed by atoms with Gasteiger partial charge in [0.2, 0.25) is 0 Å². The van der Waals surface area contributed by atoms with Crippen molar-refractivity contribution in [2.75, 3.05) is 7.11 Å². The predicted molar refractivity (Wildman–Crippen MR) is 72.8 cm³/mol. The van der Waals surface area contributed by atoms with Gasteiger partial charge in [-0.15, -0.1) is 0 Å². The molecule has 0 fully saturated rings. The number of aromatic amines is 1. The van der Waals surface area contributed by atoms with Crippen LogP contribution in [-0.4, -0.2) is 26.9 Å². The third-order valence-electron chi connectivity index (χ3n) is 3.08. The normalized spacial score (nSPS) is 10.6. The van der Waals surface area contributed by atoms with E-state index in [4.69, 9.17) is 4.74 Å². The Bertz CT molecular complexity index is 682. The lowest BCUT2D eigenvalue weighted by Gasteiger charge is -2.05. The van der Waals surface area contributed by atoms with E-state index in [2.05, 4.69) is 15.2 Å². The molecule has 0 aliphatic rings. The summed E-state index contributed by atoms with van der Waals surface area (Å²) in [5.41, 5.74) is 2.99. The number of methoxy groups -OCH3 is 1. The van der Waals surface area contributed by atoms with Crippen LogP contribution < -0.4 is 4.74 Å². The molecule has 0 atom stereocenters. The van der Waals surface area contributed by atoms with E-state index in [1.54, 1.807) is 19.5 Å². The maximum atomic E-state index is 5.17. The van der Waals surface area contributed by atoms with Crippen LogP contribution in [-0.2, 0) is 7.05 Å². The van der Waals surface area contributed by atoms with E-state index in [-0.39, 0.29) is 0 Å². The second-order valence-corrected chi connectivity index (χ2v) is 4.25. The van der Waals surface area contributed by atoms with E-state index >= 15 is 0 Å². The first kappa shape index (κ1) is 11.5. The molecule has 1 aromatic carbocycles. The molecule has 0 unspecified atom stereocenters. The van der Waals surface area contributed by atoms with Crippen LogP contribution in [0.15, 0.2) is 42.9 Å². The molecule has 2 heterocycles. The number of aromatic nitrogens is 4. The highest BCUT2D eigenvalue weighted by Gasteiger charge is 2.13. The molecule has 96 valence electrons. The number of benzene rings is 1. The Morgan fingerprint density at radius 2 is 2.00 bits per heavy atom. The molecule has 0 bridgehead atoms. The second-order valence-electron chi connectivity index (χ2n) is 4.25. The van der Waals surface area contributed by atoms with Crippen molar-refractivity contribution in [1.29, 1.82) is 0 Å². The van der Waals surface area contributed by atoms with E-state index in [1.807, 2.05) is 42.1 Å². The molecule has 0 saturated heterocycles. The Morgan fingerprint density at radius 3 is 2.63 bits per heavy atom. The number of aryl methyl sites for hydroxylation is 1. The molecule has 3 aromatic rings. The van der Waals surface area contributed by atoms with Crippen molar-refractivity contribution in [2.24, 2.45) is 7.05 Å². The van der Waals surface area contributed by atoms with E-state index in [9.17, 15) is 0 Å². The molecule has 0 saturated carbocycles. The molecule has 5 heteroatoms. The standard InChI is InChI=1S/C14H14N4O/c1-18-8-7-15-14(18)12-9-16-17-13(12)10-3-5-11(19-2)6-4-10/h3-9H,1-2H3,(H,16,17). The van der Waals surface area contributed by atoms with Crippen LogP contribution >= 0.6 is 0 Å². The largest absolute Gasteiger partial charge is 0.497 e. The fraction of sp³-hybridized carbons (Fsp3) is 0.143. The molecule has 0 spiro atoms. The fourth-order valence-corrected chi connectivity index (χ4v) is 2.06. The third kappa shape index (κ3) is 1.99. The summed E-state index contributed by atoms with van der Waals surface area (Å²) in [6, 6.07) is 7.86. The van der Waals surface area contributed by atoms with E-state index in [0.717, 1.165) is 28.4 Å². The monoisotopic (exact) mass is 254 g/mol. The van der Waals surface area contributed by atoms with Crippen LogP contribution in [0, 0.1) is 0 Å². The van der Waals surface area contributed by atoms with Gasteiger partial charge in [-0.25, -0.2) is 4.98 Å². The number of ether oxygens (including phenoxy) is 1. The first-order valence-corrected chi connectivity index (χ1v) is 5.95. The summed E-state index contributed by atoms with van der Waals surface area (Å²) in [6.45, 7) is 0. The number of imidazole rings is 1. The first-order valence-electron chi connectivity index (χ1n) is 5.95. The summed E-state index contributed by atoms with van der Waals surface area (Å²) in [4.78, 5) is 4.36. The van der Waals surface area contributed by atoms with Crippen molar-refractivity contribution < 1.29 is 4.74 Å². The number of hydrogen-bond donors (Lipinski definition) is 1. The minimum Gasteiger partial charge on any atom is -0.497 e. The van der Waals surface area contributed by atoms with Crippen LogP contribution in [0.2, 0.25) is 0 Å². The maximum Gasteiger partial charge on any atom is 0.143 e. The second kappa shape index (κ2) is 4.61. The zero-order valence-electron chi connectivity index (χ0n) is 10.8. The summed E-state index contributed by atoms with van der Waals surface area (Å²) < 4.78 is 7.14. The predicted octanol–water partition coefficient (Wildman–Crippen LogP) is 2.49. The average molecular weight is 254 g/mol. The van der Waals surface area contributed by atoms with Gasteiger partial charge in [0.15, 0.2) is 0 Å². The summed E-state index contributed by atoms with van der Waals surface area (Å²) in [5.74, 6) is 1.72. The Hall–Kier alpha value is -2.56. The van der Waals surface area contributed by atoms with Gasteiger partial charge in [-0.2, -0.15) is 5.10 Å². The van der Waals surface area contributed by atoms with Crippen LogP contribution in [0.25, 0.3) is 22.6 Å². The highest BCUT2D eigenvalue weighted by atomic mass is 16.5. The Kier molecular flexibility index (Phi) is 2.79. The van der Waals surface area contributed by atoms with Gasteiger partial charge in [0.25, 0.3) is 0 Å². The first-order chi connectivity index (χ1) is 9.29. The smallest absolute Gasteiger partial charge is 0.143 e. The molecular formula is C14H14N4O. The van der Waals surface area contributed by atoms with Crippen molar-refractivity contribution >= 4 is 0 Å². The summed E-state index contributed by atoms with van der Waals surface area (Å²) in [7, 11) is 3.62. The molecular weight excluding hydrogens is 240 g/mol. The van der Waals surface area contributed by atoms with Gasteiger partial charge in [-0.05, 0) is 24.3 Å². The van der Waals surface area contributed by atoms with E-state index in [0.29, 0.717) is 0 Å². The Labute approximate surface area is 110 Å². The number of hydrogen-bond acceptors (Lipinski definition) is 3. The molecule has 0 amide bonds. The Morgan fingerprint density at radius 1 is 1.21 bits per heavy atom. The average Bonchev–Trinajstić information content (AvgIpc) is 3.07. The highest BCUT2D eigenvalue weighted by molar-refractivity contribution is 5.77. The van der Waals surface area contributed by atoms with Crippen molar-refractivity contribution in [3.8, 4) is 28.4 Å². The van der Waals surface area contributed by atoms with Crippen molar-refractivity contribution in [3.63, 3.8) is 0 Å². The highest BCUT2D eigenvalue weighted by Crippen LogP contribution is 2.29. The molecule has 2 aromatic heterocycles.